The van der Waals surface area contributed by atoms with Gasteiger partial charge < -0.3 is 10.0 Å². The van der Waals surface area contributed by atoms with Crippen molar-refractivity contribution in [3.63, 3.8) is 0 Å². The van der Waals surface area contributed by atoms with E-state index in [-0.39, 0.29) is 5.56 Å². The summed E-state index contributed by atoms with van der Waals surface area (Å²) in [7, 11) is 0. The minimum atomic E-state index is -0.943. The number of benzene rings is 2. The minimum absolute atomic E-state index is 0.245. The number of hydrogen-bond donors (Lipinski definition) is 1. The number of aromatic carboxylic acids is 1. The Morgan fingerprint density at radius 2 is 1.77 bits per heavy atom. The third-order valence-corrected chi connectivity index (χ3v) is 4.78. The lowest BCUT2D eigenvalue weighted by atomic mass is 10.1. The van der Waals surface area contributed by atoms with Crippen LogP contribution in [0.15, 0.2) is 54.9 Å². The van der Waals surface area contributed by atoms with E-state index < -0.39 is 5.97 Å². The van der Waals surface area contributed by atoms with Crippen molar-refractivity contribution in [2.75, 3.05) is 31.1 Å². The number of carboxylic acid groups (broad SMARTS) is 1. The van der Waals surface area contributed by atoms with Crippen molar-refractivity contribution in [3.8, 4) is 0 Å². The third-order valence-electron chi connectivity index (χ3n) is 4.78. The number of fused-ring (bicyclic) bond motifs is 1. The number of rotatable bonds is 4. The molecule has 0 atom stereocenters. The summed E-state index contributed by atoms with van der Waals surface area (Å²) in [5.74, 6) is -0.0621. The van der Waals surface area contributed by atoms with Crippen LogP contribution in [0.3, 0.4) is 0 Å². The maximum absolute atomic E-state index is 11.2. The standard InChI is InChI=1S/C20H20N4O2/c25-20(26)16-6-7-17-18(12-16)21-14-22-19(17)24-10-8-23(9-11-24)13-15-4-2-1-3-5-15/h1-7,12,14H,8-11,13H2,(H,25,26). The van der Waals surface area contributed by atoms with Crippen molar-refractivity contribution >= 4 is 22.7 Å². The van der Waals surface area contributed by atoms with E-state index in [0.29, 0.717) is 5.52 Å². The molecule has 1 aliphatic heterocycles. The molecule has 6 heteroatoms. The molecule has 2 heterocycles. The Kier molecular flexibility index (Phi) is 4.50. The Labute approximate surface area is 151 Å². The predicted octanol–water partition coefficient (Wildman–Crippen LogP) is 2.65. The third kappa shape index (κ3) is 3.36. The molecule has 0 bridgehead atoms. The van der Waals surface area contributed by atoms with Crippen LogP contribution in [0.1, 0.15) is 15.9 Å². The lowest BCUT2D eigenvalue weighted by Crippen LogP contribution is -2.46. The summed E-state index contributed by atoms with van der Waals surface area (Å²) < 4.78 is 0. The van der Waals surface area contributed by atoms with Gasteiger partial charge in [0.15, 0.2) is 0 Å². The molecule has 0 amide bonds. The van der Waals surface area contributed by atoms with E-state index in [1.165, 1.54) is 11.9 Å². The quantitative estimate of drug-likeness (QED) is 0.782. The second kappa shape index (κ2) is 7.09. The maximum atomic E-state index is 11.2. The predicted molar refractivity (Wildman–Crippen MR) is 100 cm³/mol. The number of hydrogen-bond acceptors (Lipinski definition) is 5. The highest BCUT2D eigenvalue weighted by Gasteiger charge is 2.20. The number of aromatic nitrogens is 2. The highest BCUT2D eigenvalue weighted by Crippen LogP contribution is 2.25. The molecular weight excluding hydrogens is 328 g/mol. The van der Waals surface area contributed by atoms with E-state index in [0.717, 1.165) is 43.9 Å². The topological polar surface area (TPSA) is 69.6 Å². The van der Waals surface area contributed by atoms with Crippen LogP contribution in [0.25, 0.3) is 10.9 Å². The summed E-state index contributed by atoms with van der Waals surface area (Å²) in [6, 6.07) is 15.5. The summed E-state index contributed by atoms with van der Waals surface area (Å²) in [6.45, 7) is 4.67. The van der Waals surface area contributed by atoms with Crippen molar-refractivity contribution in [3.05, 3.63) is 66.0 Å². The Bertz CT molecular complexity index is 922. The SMILES string of the molecule is O=C(O)c1ccc2c(N3CCN(Cc4ccccc4)CC3)ncnc2c1. The van der Waals surface area contributed by atoms with Crippen LogP contribution in [0.5, 0.6) is 0 Å². The zero-order valence-electron chi connectivity index (χ0n) is 14.4. The van der Waals surface area contributed by atoms with Crippen LogP contribution >= 0.6 is 0 Å². The molecule has 26 heavy (non-hydrogen) atoms. The van der Waals surface area contributed by atoms with Crippen molar-refractivity contribution in [1.29, 1.82) is 0 Å². The molecule has 1 saturated heterocycles. The Balaban J connectivity index is 1.50. The van der Waals surface area contributed by atoms with Crippen LogP contribution in [0.2, 0.25) is 0 Å². The number of nitrogens with zero attached hydrogens (tertiary/aromatic N) is 4. The van der Waals surface area contributed by atoms with Crippen LogP contribution in [0, 0.1) is 0 Å². The highest BCUT2D eigenvalue weighted by atomic mass is 16.4. The maximum Gasteiger partial charge on any atom is 0.335 e. The fourth-order valence-corrected chi connectivity index (χ4v) is 3.39. The second-order valence-electron chi connectivity index (χ2n) is 6.48. The second-order valence-corrected chi connectivity index (χ2v) is 6.48. The van der Waals surface area contributed by atoms with Gasteiger partial charge in [-0.25, -0.2) is 14.8 Å². The number of carboxylic acids is 1. The van der Waals surface area contributed by atoms with E-state index in [1.807, 2.05) is 12.1 Å². The fourth-order valence-electron chi connectivity index (χ4n) is 3.39. The molecule has 0 aliphatic carbocycles. The summed E-state index contributed by atoms with van der Waals surface area (Å²) in [4.78, 5) is 24.6. The first-order chi connectivity index (χ1) is 12.7. The summed E-state index contributed by atoms with van der Waals surface area (Å²) in [6.07, 6.45) is 1.51. The van der Waals surface area contributed by atoms with Gasteiger partial charge in [-0.3, -0.25) is 4.90 Å². The van der Waals surface area contributed by atoms with Crippen molar-refractivity contribution in [2.24, 2.45) is 0 Å². The van der Waals surface area contributed by atoms with E-state index in [2.05, 4.69) is 44.0 Å². The van der Waals surface area contributed by atoms with E-state index >= 15 is 0 Å². The number of piperazine rings is 1. The van der Waals surface area contributed by atoms with E-state index in [9.17, 15) is 4.79 Å². The average Bonchev–Trinajstić information content (AvgIpc) is 2.68. The lowest BCUT2D eigenvalue weighted by Gasteiger charge is -2.35. The first-order valence-corrected chi connectivity index (χ1v) is 8.70. The Morgan fingerprint density at radius 3 is 2.50 bits per heavy atom. The Morgan fingerprint density at radius 1 is 1.00 bits per heavy atom. The van der Waals surface area contributed by atoms with Gasteiger partial charge >= 0.3 is 5.97 Å². The number of anilines is 1. The molecule has 0 saturated carbocycles. The normalized spacial score (nSPS) is 15.3. The molecule has 132 valence electrons. The molecular formula is C20H20N4O2. The molecule has 4 rings (SSSR count). The fraction of sp³-hybridized carbons (Fsp3) is 0.250. The molecule has 0 unspecified atom stereocenters. The monoisotopic (exact) mass is 348 g/mol. The van der Waals surface area contributed by atoms with Gasteiger partial charge in [-0.2, -0.15) is 0 Å². The highest BCUT2D eigenvalue weighted by molar-refractivity contribution is 5.96. The number of carbonyl (C=O) groups is 1. The van der Waals surface area contributed by atoms with Crippen molar-refractivity contribution in [2.45, 2.75) is 6.54 Å². The molecule has 1 N–H and O–H groups in total. The largest absolute Gasteiger partial charge is 0.478 e. The van der Waals surface area contributed by atoms with E-state index in [1.54, 1.807) is 12.1 Å². The molecule has 0 spiro atoms. The summed E-state index contributed by atoms with van der Waals surface area (Å²) >= 11 is 0. The van der Waals surface area contributed by atoms with Crippen LogP contribution in [-0.2, 0) is 6.54 Å². The first kappa shape index (κ1) is 16.5. The van der Waals surface area contributed by atoms with Crippen LogP contribution in [-0.4, -0.2) is 52.1 Å². The molecule has 1 fully saturated rings. The van der Waals surface area contributed by atoms with Gasteiger partial charge in [0.1, 0.15) is 12.1 Å². The Hall–Kier alpha value is -2.99. The van der Waals surface area contributed by atoms with Gasteiger partial charge in [0.25, 0.3) is 0 Å². The smallest absolute Gasteiger partial charge is 0.335 e. The average molecular weight is 348 g/mol. The molecule has 1 aliphatic rings. The minimum Gasteiger partial charge on any atom is -0.478 e. The van der Waals surface area contributed by atoms with Gasteiger partial charge in [-0.05, 0) is 23.8 Å². The molecule has 1 aromatic heterocycles. The van der Waals surface area contributed by atoms with E-state index in [4.69, 9.17) is 5.11 Å². The first-order valence-electron chi connectivity index (χ1n) is 8.70. The molecule has 0 radical (unpaired) electrons. The molecule has 2 aromatic carbocycles. The summed E-state index contributed by atoms with van der Waals surface area (Å²) in [5, 5.41) is 10.1. The van der Waals surface area contributed by atoms with Gasteiger partial charge in [0, 0.05) is 38.1 Å². The van der Waals surface area contributed by atoms with Gasteiger partial charge in [0.05, 0.1) is 11.1 Å². The van der Waals surface area contributed by atoms with Gasteiger partial charge in [-0.1, -0.05) is 30.3 Å². The van der Waals surface area contributed by atoms with Crippen molar-refractivity contribution in [1.82, 2.24) is 14.9 Å². The molecule has 6 nitrogen and oxygen atoms in total. The van der Waals surface area contributed by atoms with Crippen LogP contribution in [0.4, 0.5) is 5.82 Å². The van der Waals surface area contributed by atoms with Gasteiger partial charge in [-0.15, -0.1) is 0 Å². The summed E-state index contributed by atoms with van der Waals surface area (Å²) in [5.41, 5.74) is 2.24. The van der Waals surface area contributed by atoms with Crippen LogP contribution < -0.4 is 4.90 Å². The zero-order chi connectivity index (χ0) is 17.9. The van der Waals surface area contributed by atoms with Gasteiger partial charge in [0.2, 0.25) is 0 Å². The zero-order valence-corrected chi connectivity index (χ0v) is 14.4. The lowest BCUT2D eigenvalue weighted by molar-refractivity contribution is 0.0697. The molecule has 3 aromatic rings. The van der Waals surface area contributed by atoms with Crippen molar-refractivity contribution < 1.29 is 9.90 Å².